The van der Waals surface area contributed by atoms with Gasteiger partial charge in [-0.1, -0.05) is 36.4 Å². The number of hydrogen-bond acceptors (Lipinski definition) is 3. The summed E-state index contributed by atoms with van der Waals surface area (Å²) in [5, 5.41) is 5.19. The van der Waals surface area contributed by atoms with E-state index in [0.29, 0.717) is 13.0 Å². The molecule has 3 rings (SSSR count). The standard InChI is InChI=1S/C18H20N2O3/c1-13(15-10-9-14-6-3-4-7-16(14)12-15)20(18(22)23-2)19-11-5-8-17(19)21/h3-4,6-7,9-10,12-13H,5,8,11H2,1-2H3/t13-/m0/s1. The summed E-state index contributed by atoms with van der Waals surface area (Å²) in [7, 11) is 1.34. The molecule has 120 valence electrons. The Kier molecular flexibility index (Phi) is 4.19. The molecular weight excluding hydrogens is 292 g/mol. The van der Waals surface area contributed by atoms with Crippen molar-refractivity contribution in [2.75, 3.05) is 13.7 Å². The zero-order valence-corrected chi connectivity index (χ0v) is 13.4. The van der Waals surface area contributed by atoms with E-state index in [1.807, 2.05) is 43.3 Å². The van der Waals surface area contributed by atoms with E-state index in [1.54, 1.807) is 0 Å². The molecule has 2 aromatic carbocycles. The van der Waals surface area contributed by atoms with Gasteiger partial charge in [0.1, 0.15) is 0 Å². The highest BCUT2D eigenvalue weighted by atomic mass is 16.5. The Balaban J connectivity index is 1.96. The number of rotatable bonds is 3. The number of carbonyl (C=O) groups is 2. The number of fused-ring (bicyclic) bond motifs is 1. The van der Waals surface area contributed by atoms with E-state index >= 15 is 0 Å². The molecule has 1 fully saturated rings. The maximum absolute atomic E-state index is 12.2. The minimum atomic E-state index is -0.513. The number of hydrazine groups is 1. The van der Waals surface area contributed by atoms with Gasteiger partial charge in [-0.25, -0.2) is 14.8 Å². The van der Waals surface area contributed by atoms with Crippen molar-refractivity contribution in [2.45, 2.75) is 25.8 Å². The van der Waals surface area contributed by atoms with Gasteiger partial charge in [0.05, 0.1) is 13.2 Å². The van der Waals surface area contributed by atoms with Gasteiger partial charge in [-0.2, -0.15) is 0 Å². The summed E-state index contributed by atoms with van der Waals surface area (Å²) in [6, 6.07) is 13.9. The molecule has 0 N–H and O–H groups in total. The highest BCUT2D eigenvalue weighted by Crippen LogP contribution is 2.28. The van der Waals surface area contributed by atoms with E-state index < -0.39 is 6.09 Å². The highest BCUT2D eigenvalue weighted by molar-refractivity contribution is 5.84. The van der Waals surface area contributed by atoms with Crippen LogP contribution in [0.4, 0.5) is 4.79 Å². The third kappa shape index (κ3) is 2.86. The molecule has 0 aliphatic carbocycles. The van der Waals surface area contributed by atoms with Crippen LogP contribution in [0.1, 0.15) is 31.4 Å². The van der Waals surface area contributed by atoms with Crippen LogP contribution in [0.3, 0.4) is 0 Å². The Labute approximate surface area is 135 Å². The number of benzene rings is 2. The molecule has 0 radical (unpaired) electrons. The van der Waals surface area contributed by atoms with Crippen LogP contribution in [0.5, 0.6) is 0 Å². The molecule has 0 bridgehead atoms. The van der Waals surface area contributed by atoms with Crippen LogP contribution in [-0.2, 0) is 9.53 Å². The Bertz CT molecular complexity index is 744. The molecule has 0 unspecified atom stereocenters. The number of amides is 2. The van der Waals surface area contributed by atoms with Crippen LogP contribution >= 0.6 is 0 Å². The molecule has 2 aromatic rings. The van der Waals surface area contributed by atoms with Gasteiger partial charge in [-0.15, -0.1) is 0 Å². The van der Waals surface area contributed by atoms with Crippen molar-refractivity contribution < 1.29 is 14.3 Å². The summed E-state index contributed by atoms with van der Waals surface area (Å²) in [5.41, 5.74) is 0.966. The van der Waals surface area contributed by atoms with Gasteiger partial charge in [0.25, 0.3) is 0 Å². The van der Waals surface area contributed by atoms with Gasteiger partial charge in [-0.3, -0.25) is 4.79 Å². The number of ether oxygens (including phenoxy) is 1. The predicted octanol–water partition coefficient (Wildman–Crippen LogP) is 3.51. The highest BCUT2D eigenvalue weighted by Gasteiger charge is 2.34. The lowest BCUT2D eigenvalue weighted by atomic mass is 10.0. The Morgan fingerprint density at radius 2 is 1.96 bits per heavy atom. The zero-order valence-electron chi connectivity index (χ0n) is 13.4. The molecule has 2 amide bonds. The minimum Gasteiger partial charge on any atom is -0.452 e. The van der Waals surface area contributed by atoms with E-state index in [4.69, 9.17) is 4.74 Å². The number of nitrogens with zero attached hydrogens (tertiary/aromatic N) is 2. The zero-order chi connectivity index (χ0) is 16.4. The third-order valence-corrected chi connectivity index (χ3v) is 4.29. The lowest BCUT2D eigenvalue weighted by molar-refractivity contribution is -0.143. The molecule has 1 saturated heterocycles. The maximum atomic E-state index is 12.2. The van der Waals surface area contributed by atoms with Crippen molar-refractivity contribution >= 4 is 22.8 Å². The first-order valence-corrected chi connectivity index (χ1v) is 7.78. The minimum absolute atomic E-state index is 0.0389. The molecule has 1 aliphatic heterocycles. The molecular formula is C18H20N2O3. The van der Waals surface area contributed by atoms with Gasteiger partial charge >= 0.3 is 6.09 Å². The van der Waals surface area contributed by atoms with Crippen molar-refractivity contribution in [3.05, 3.63) is 48.0 Å². The topological polar surface area (TPSA) is 49.9 Å². The fraction of sp³-hybridized carbons (Fsp3) is 0.333. The second kappa shape index (κ2) is 6.28. The van der Waals surface area contributed by atoms with Crippen LogP contribution < -0.4 is 0 Å². The first kappa shape index (κ1) is 15.3. The molecule has 5 heteroatoms. The normalized spacial score (nSPS) is 15.7. The summed E-state index contributed by atoms with van der Waals surface area (Å²) in [6.45, 7) is 2.46. The molecule has 5 nitrogen and oxygen atoms in total. The van der Waals surface area contributed by atoms with E-state index in [2.05, 4.69) is 6.07 Å². The number of hydrogen-bond donors (Lipinski definition) is 0. The molecule has 1 aliphatic rings. The van der Waals surface area contributed by atoms with Crippen LogP contribution in [0, 0.1) is 0 Å². The van der Waals surface area contributed by atoms with Gasteiger partial charge in [0.15, 0.2) is 0 Å². The maximum Gasteiger partial charge on any atom is 0.429 e. The van der Waals surface area contributed by atoms with E-state index in [1.165, 1.54) is 17.1 Å². The van der Waals surface area contributed by atoms with Crippen molar-refractivity contribution in [1.29, 1.82) is 0 Å². The second-order valence-electron chi connectivity index (χ2n) is 5.72. The van der Waals surface area contributed by atoms with Gasteiger partial charge < -0.3 is 4.74 Å². The van der Waals surface area contributed by atoms with Crippen LogP contribution in [0.15, 0.2) is 42.5 Å². The first-order valence-electron chi connectivity index (χ1n) is 7.78. The fourth-order valence-electron chi connectivity index (χ4n) is 3.03. The number of carbonyl (C=O) groups excluding carboxylic acids is 2. The molecule has 0 spiro atoms. The van der Waals surface area contributed by atoms with Crippen molar-refractivity contribution in [3.8, 4) is 0 Å². The van der Waals surface area contributed by atoms with E-state index in [0.717, 1.165) is 22.8 Å². The SMILES string of the molecule is COC(=O)N([C@@H](C)c1ccc2ccccc2c1)N1CCCC1=O. The third-order valence-electron chi connectivity index (χ3n) is 4.29. The lowest BCUT2D eigenvalue weighted by Crippen LogP contribution is -2.48. The summed E-state index contributed by atoms with van der Waals surface area (Å²) in [6.07, 6.45) is 0.718. The lowest BCUT2D eigenvalue weighted by Gasteiger charge is -2.35. The average molecular weight is 312 g/mol. The Hall–Kier alpha value is -2.56. The Morgan fingerprint density at radius 3 is 2.61 bits per heavy atom. The summed E-state index contributed by atoms with van der Waals surface area (Å²) < 4.78 is 4.90. The van der Waals surface area contributed by atoms with Crippen LogP contribution in [0.2, 0.25) is 0 Å². The van der Waals surface area contributed by atoms with Gasteiger partial charge in [0, 0.05) is 13.0 Å². The summed E-state index contributed by atoms with van der Waals surface area (Å²) in [5.74, 6) is -0.0389. The monoisotopic (exact) mass is 312 g/mol. The predicted molar refractivity (Wildman–Crippen MR) is 87.6 cm³/mol. The molecule has 1 atom stereocenters. The fourth-order valence-corrected chi connectivity index (χ4v) is 3.03. The molecule has 23 heavy (non-hydrogen) atoms. The smallest absolute Gasteiger partial charge is 0.429 e. The van der Waals surface area contributed by atoms with Crippen LogP contribution in [-0.4, -0.2) is 35.7 Å². The summed E-state index contributed by atoms with van der Waals surface area (Å²) in [4.78, 5) is 24.3. The van der Waals surface area contributed by atoms with Crippen LogP contribution in [0.25, 0.3) is 10.8 Å². The largest absolute Gasteiger partial charge is 0.452 e. The van der Waals surface area contributed by atoms with Crippen molar-refractivity contribution in [3.63, 3.8) is 0 Å². The van der Waals surface area contributed by atoms with Crippen molar-refractivity contribution in [1.82, 2.24) is 10.0 Å². The van der Waals surface area contributed by atoms with Gasteiger partial charge in [-0.05, 0) is 35.7 Å². The van der Waals surface area contributed by atoms with Crippen molar-refractivity contribution in [2.24, 2.45) is 0 Å². The van der Waals surface area contributed by atoms with Gasteiger partial charge in [0.2, 0.25) is 5.91 Å². The Morgan fingerprint density at radius 1 is 1.22 bits per heavy atom. The number of methoxy groups -OCH3 is 1. The molecule has 1 heterocycles. The quantitative estimate of drug-likeness (QED) is 0.871. The van der Waals surface area contributed by atoms with E-state index in [-0.39, 0.29) is 11.9 Å². The molecule has 0 saturated carbocycles. The second-order valence-corrected chi connectivity index (χ2v) is 5.72. The average Bonchev–Trinajstić information content (AvgIpc) is 3.00. The summed E-state index contributed by atoms with van der Waals surface area (Å²) >= 11 is 0. The van der Waals surface area contributed by atoms with E-state index in [9.17, 15) is 9.59 Å². The molecule has 0 aromatic heterocycles. The first-order chi connectivity index (χ1) is 11.1.